The largest absolute Gasteiger partial charge is 0.273 e. The van der Waals surface area contributed by atoms with E-state index < -0.39 is 27.2 Å². The van der Waals surface area contributed by atoms with Gasteiger partial charge in [-0.25, -0.2) is 17.1 Å². The molecule has 1 aromatic carbocycles. The van der Waals surface area contributed by atoms with Crippen LogP contribution in [-0.2, 0) is 14.8 Å². The first kappa shape index (κ1) is 14.6. The maximum atomic E-state index is 13.7. The van der Waals surface area contributed by atoms with Crippen LogP contribution in [0.1, 0.15) is 20.8 Å². The third-order valence-electron chi connectivity index (χ3n) is 2.23. The Balaban J connectivity index is 3.43. The number of rotatable bonds is 2. The zero-order chi connectivity index (χ0) is 14.1. The molecule has 0 aliphatic heterocycles. The third kappa shape index (κ3) is 3.07. The first-order chi connectivity index (χ1) is 8.05. The van der Waals surface area contributed by atoms with E-state index in [1.54, 1.807) is 20.8 Å². The Labute approximate surface area is 106 Å². The molecule has 0 saturated carbocycles. The number of halogens is 1. The first-order valence-corrected chi connectivity index (χ1v) is 7.19. The number of hydrogen-bond donors (Lipinski definition) is 0. The molecule has 0 atom stereocenters. The summed E-state index contributed by atoms with van der Waals surface area (Å²) in [6.45, 7) is 4.73. The quantitative estimate of drug-likeness (QED) is 0.829. The van der Waals surface area contributed by atoms with Crippen molar-refractivity contribution in [2.45, 2.75) is 20.8 Å². The van der Waals surface area contributed by atoms with E-state index in [0.717, 1.165) is 12.3 Å². The SMILES string of the molecule is CC(C)(C)C(=O)N(c1ccccc1F)S(C)(=O)=O. The van der Waals surface area contributed by atoms with Crippen molar-refractivity contribution in [1.29, 1.82) is 0 Å². The lowest BCUT2D eigenvalue weighted by molar-refractivity contribution is -0.124. The molecule has 0 bridgehead atoms. The van der Waals surface area contributed by atoms with Gasteiger partial charge in [0.2, 0.25) is 15.9 Å². The van der Waals surface area contributed by atoms with Gasteiger partial charge in [0.15, 0.2) is 0 Å². The Kier molecular flexibility index (Phi) is 3.81. The maximum absolute atomic E-state index is 13.7. The Hall–Kier alpha value is -1.43. The summed E-state index contributed by atoms with van der Waals surface area (Å²) in [7, 11) is -3.88. The van der Waals surface area contributed by atoms with Crippen LogP contribution in [0.4, 0.5) is 10.1 Å². The van der Waals surface area contributed by atoms with E-state index in [4.69, 9.17) is 0 Å². The number of hydrogen-bond acceptors (Lipinski definition) is 3. The van der Waals surface area contributed by atoms with E-state index in [2.05, 4.69) is 0 Å². The molecule has 1 rings (SSSR count). The van der Waals surface area contributed by atoms with Crippen LogP contribution in [0, 0.1) is 11.2 Å². The van der Waals surface area contributed by atoms with Gasteiger partial charge in [0.05, 0.1) is 11.9 Å². The van der Waals surface area contributed by atoms with E-state index >= 15 is 0 Å². The highest BCUT2D eigenvalue weighted by Crippen LogP contribution is 2.27. The summed E-state index contributed by atoms with van der Waals surface area (Å²) in [5.74, 6) is -1.42. The highest BCUT2D eigenvalue weighted by atomic mass is 32.2. The van der Waals surface area contributed by atoms with Crippen molar-refractivity contribution in [1.82, 2.24) is 0 Å². The maximum Gasteiger partial charge on any atom is 0.246 e. The van der Waals surface area contributed by atoms with Gasteiger partial charge < -0.3 is 0 Å². The van der Waals surface area contributed by atoms with Gasteiger partial charge in [-0.05, 0) is 12.1 Å². The van der Waals surface area contributed by atoms with Crippen molar-refractivity contribution in [3.63, 3.8) is 0 Å². The summed E-state index contributed by atoms with van der Waals surface area (Å²) < 4.78 is 37.6. The molecule has 6 heteroatoms. The first-order valence-electron chi connectivity index (χ1n) is 5.34. The van der Waals surface area contributed by atoms with Gasteiger partial charge in [-0.2, -0.15) is 0 Å². The molecular weight excluding hydrogens is 257 g/mol. The average Bonchev–Trinajstić information content (AvgIpc) is 2.17. The van der Waals surface area contributed by atoms with Crippen molar-refractivity contribution in [3.8, 4) is 0 Å². The highest BCUT2D eigenvalue weighted by Gasteiger charge is 2.35. The minimum atomic E-state index is -3.88. The van der Waals surface area contributed by atoms with Crippen LogP contribution in [0.5, 0.6) is 0 Å². The van der Waals surface area contributed by atoms with Crippen LogP contribution < -0.4 is 4.31 Å². The summed E-state index contributed by atoms with van der Waals surface area (Å²) in [5.41, 5.74) is -1.18. The minimum Gasteiger partial charge on any atom is -0.273 e. The van der Waals surface area contributed by atoms with E-state index in [0.29, 0.717) is 4.31 Å². The Morgan fingerprint density at radius 1 is 1.22 bits per heavy atom. The number of anilines is 1. The van der Waals surface area contributed by atoms with Crippen LogP contribution in [0.2, 0.25) is 0 Å². The lowest BCUT2D eigenvalue weighted by Crippen LogP contribution is -2.43. The van der Waals surface area contributed by atoms with Crippen LogP contribution in [0.3, 0.4) is 0 Å². The topological polar surface area (TPSA) is 54.5 Å². The van der Waals surface area contributed by atoms with Gasteiger partial charge in [0.1, 0.15) is 5.82 Å². The van der Waals surface area contributed by atoms with E-state index in [1.807, 2.05) is 0 Å². The summed E-state index contributed by atoms with van der Waals surface area (Å²) >= 11 is 0. The molecule has 0 spiro atoms. The van der Waals surface area contributed by atoms with Crippen LogP contribution in [-0.4, -0.2) is 20.6 Å². The van der Waals surface area contributed by atoms with Crippen LogP contribution >= 0.6 is 0 Å². The van der Waals surface area contributed by atoms with Gasteiger partial charge in [-0.15, -0.1) is 0 Å². The average molecular weight is 273 g/mol. The number of carbonyl (C=O) groups excluding carboxylic acids is 1. The summed E-state index contributed by atoms with van der Waals surface area (Å²) in [5, 5.41) is 0. The third-order valence-corrected chi connectivity index (χ3v) is 3.25. The van der Waals surface area contributed by atoms with Gasteiger partial charge >= 0.3 is 0 Å². The monoisotopic (exact) mass is 273 g/mol. The van der Waals surface area contributed by atoms with Crippen molar-refractivity contribution >= 4 is 21.6 Å². The van der Waals surface area contributed by atoms with Crippen molar-refractivity contribution in [3.05, 3.63) is 30.1 Å². The highest BCUT2D eigenvalue weighted by molar-refractivity contribution is 7.92. The lowest BCUT2D eigenvalue weighted by Gasteiger charge is -2.27. The molecule has 100 valence electrons. The fraction of sp³-hybridized carbons (Fsp3) is 0.417. The fourth-order valence-electron chi connectivity index (χ4n) is 1.36. The lowest BCUT2D eigenvalue weighted by atomic mass is 9.95. The standard InChI is InChI=1S/C12H16FNO3S/c1-12(2,3)11(15)14(18(4,16)17)10-8-6-5-7-9(10)13/h5-8H,1-4H3. The Morgan fingerprint density at radius 3 is 2.11 bits per heavy atom. The Morgan fingerprint density at radius 2 is 1.72 bits per heavy atom. The number of carbonyl (C=O) groups is 1. The Bertz CT molecular complexity index is 561. The molecule has 0 aromatic heterocycles. The smallest absolute Gasteiger partial charge is 0.246 e. The molecule has 0 radical (unpaired) electrons. The second-order valence-corrected chi connectivity index (χ2v) is 6.87. The van der Waals surface area contributed by atoms with Gasteiger partial charge in [0, 0.05) is 5.41 Å². The molecule has 0 aliphatic carbocycles. The zero-order valence-corrected chi connectivity index (χ0v) is 11.6. The number of para-hydroxylation sites is 1. The van der Waals surface area contributed by atoms with Crippen molar-refractivity contribution in [2.75, 3.05) is 10.6 Å². The van der Waals surface area contributed by atoms with Crippen LogP contribution in [0.15, 0.2) is 24.3 Å². The predicted octanol–water partition coefficient (Wildman–Crippen LogP) is 2.16. The molecule has 0 heterocycles. The van der Waals surface area contributed by atoms with E-state index in [9.17, 15) is 17.6 Å². The van der Waals surface area contributed by atoms with Gasteiger partial charge in [-0.3, -0.25) is 4.79 Å². The zero-order valence-electron chi connectivity index (χ0n) is 10.8. The van der Waals surface area contributed by atoms with Crippen molar-refractivity contribution < 1.29 is 17.6 Å². The van der Waals surface area contributed by atoms with Crippen molar-refractivity contribution in [2.24, 2.45) is 5.41 Å². The number of nitrogens with zero attached hydrogens (tertiary/aromatic N) is 1. The van der Waals surface area contributed by atoms with Gasteiger partial charge in [0.25, 0.3) is 0 Å². The molecule has 0 saturated heterocycles. The summed E-state index contributed by atoms with van der Waals surface area (Å²) in [6.07, 6.45) is 0.878. The molecule has 1 amide bonds. The molecule has 18 heavy (non-hydrogen) atoms. The normalized spacial score (nSPS) is 12.3. The molecular formula is C12H16FNO3S. The van der Waals surface area contributed by atoms with E-state index in [1.165, 1.54) is 18.2 Å². The minimum absolute atomic E-state index is 0.250. The number of benzene rings is 1. The molecule has 0 unspecified atom stereocenters. The predicted molar refractivity (Wildman–Crippen MR) is 68.2 cm³/mol. The fourth-order valence-corrected chi connectivity index (χ4v) is 2.44. The second kappa shape index (κ2) is 4.68. The summed E-state index contributed by atoms with van der Waals surface area (Å²) in [6, 6.07) is 5.29. The molecule has 4 nitrogen and oxygen atoms in total. The molecule has 0 aliphatic rings. The number of amides is 1. The van der Waals surface area contributed by atoms with E-state index in [-0.39, 0.29) is 5.69 Å². The molecule has 1 aromatic rings. The van der Waals surface area contributed by atoms with Crippen LogP contribution in [0.25, 0.3) is 0 Å². The number of sulfonamides is 1. The second-order valence-electron chi connectivity index (χ2n) is 5.03. The molecule has 0 fully saturated rings. The van der Waals surface area contributed by atoms with Gasteiger partial charge in [-0.1, -0.05) is 32.9 Å². The molecule has 0 N–H and O–H groups in total. The summed E-state index contributed by atoms with van der Waals surface area (Å²) in [4.78, 5) is 12.1.